The van der Waals surface area contributed by atoms with Gasteiger partial charge in [0.15, 0.2) is 0 Å². The average molecular weight is 323 g/mol. The van der Waals surface area contributed by atoms with Crippen molar-refractivity contribution in [3.63, 3.8) is 0 Å². The monoisotopic (exact) mass is 322 g/mol. The van der Waals surface area contributed by atoms with Gasteiger partial charge in [-0.1, -0.05) is 29.8 Å². The van der Waals surface area contributed by atoms with Gasteiger partial charge in [0.1, 0.15) is 0 Å². The van der Waals surface area contributed by atoms with Crippen LogP contribution in [0.25, 0.3) is 0 Å². The van der Waals surface area contributed by atoms with Gasteiger partial charge in [-0.15, -0.1) is 0 Å². The third-order valence-electron chi connectivity index (χ3n) is 4.64. The zero-order valence-electron chi connectivity index (χ0n) is 12.7. The second-order valence-corrected chi connectivity index (χ2v) is 6.76. The number of rotatable bonds is 5. The summed E-state index contributed by atoms with van der Waals surface area (Å²) in [6.07, 6.45) is 2.50. The molecule has 4 nitrogen and oxygen atoms in total. The summed E-state index contributed by atoms with van der Waals surface area (Å²) >= 11 is 6.12. The van der Waals surface area contributed by atoms with Crippen molar-refractivity contribution in [3.8, 4) is 0 Å². The summed E-state index contributed by atoms with van der Waals surface area (Å²) in [6.45, 7) is 3.91. The van der Waals surface area contributed by atoms with E-state index >= 15 is 0 Å². The first-order valence-electron chi connectivity index (χ1n) is 8.05. The van der Waals surface area contributed by atoms with E-state index < -0.39 is 0 Å². The molecule has 2 aliphatic rings. The lowest BCUT2D eigenvalue weighted by Gasteiger charge is -2.35. The number of amides is 1. The number of hydrogen-bond acceptors (Lipinski definition) is 3. The smallest absolute Gasteiger partial charge is 0.227 e. The van der Waals surface area contributed by atoms with Crippen molar-refractivity contribution in [1.82, 2.24) is 9.80 Å². The van der Waals surface area contributed by atoms with E-state index in [-0.39, 0.29) is 12.0 Å². The molecule has 120 valence electrons. The molecule has 2 fully saturated rings. The Morgan fingerprint density at radius 1 is 1.23 bits per heavy atom. The van der Waals surface area contributed by atoms with Crippen LogP contribution in [0.1, 0.15) is 18.4 Å². The van der Waals surface area contributed by atoms with E-state index in [9.17, 15) is 9.90 Å². The third kappa shape index (κ3) is 4.00. The van der Waals surface area contributed by atoms with E-state index in [0.717, 1.165) is 51.1 Å². The van der Waals surface area contributed by atoms with E-state index in [1.807, 2.05) is 29.2 Å². The van der Waals surface area contributed by atoms with Gasteiger partial charge in [-0.2, -0.15) is 0 Å². The Hall–Kier alpha value is -1.10. The van der Waals surface area contributed by atoms with Gasteiger partial charge in [-0.25, -0.2) is 0 Å². The van der Waals surface area contributed by atoms with Crippen LogP contribution in [0.3, 0.4) is 0 Å². The van der Waals surface area contributed by atoms with Crippen LogP contribution in [0.4, 0.5) is 0 Å². The van der Waals surface area contributed by atoms with Gasteiger partial charge in [-0.3, -0.25) is 9.69 Å². The van der Waals surface area contributed by atoms with Crippen LogP contribution in [0, 0.1) is 5.92 Å². The highest BCUT2D eigenvalue weighted by molar-refractivity contribution is 6.31. The molecule has 3 rings (SSSR count). The van der Waals surface area contributed by atoms with Crippen molar-refractivity contribution in [1.29, 1.82) is 0 Å². The van der Waals surface area contributed by atoms with Gasteiger partial charge in [0, 0.05) is 37.7 Å². The van der Waals surface area contributed by atoms with Crippen molar-refractivity contribution in [2.45, 2.75) is 25.4 Å². The summed E-state index contributed by atoms with van der Waals surface area (Å²) in [5, 5.41) is 10.7. The fourth-order valence-electron chi connectivity index (χ4n) is 2.99. The molecular weight excluding hydrogens is 300 g/mol. The van der Waals surface area contributed by atoms with Crippen LogP contribution in [-0.4, -0.2) is 59.6 Å². The van der Waals surface area contributed by atoms with E-state index in [1.54, 1.807) is 0 Å². The van der Waals surface area contributed by atoms with Gasteiger partial charge in [0.25, 0.3) is 0 Å². The lowest BCUT2D eigenvalue weighted by atomic mass is 10.1. The number of β-amino-alcohol motifs (C(OH)–C–C–N with tert-alkyl or cyclic N) is 1. The Morgan fingerprint density at radius 3 is 2.55 bits per heavy atom. The van der Waals surface area contributed by atoms with Crippen molar-refractivity contribution >= 4 is 17.5 Å². The minimum absolute atomic E-state index is 0.135. The molecule has 1 aromatic rings. The fraction of sp³-hybridized carbons (Fsp3) is 0.588. The van der Waals surface area contributed by atoms with Gasteiger partial charge < -0.3 is 10.0 Å². The maximum Gasteiger partial charge on any atom is 0.227 e. The highest BCUT2D eigenvalue weighted by atomic mass is 35.5. The van der Waals surface area contributed by atoms with E-state index in [1.165, 1.54) is 0 Å². The SMILES string of the molecule is O=C(Cc1ccccc1Cl)N1CCN(C[C@@H](O)C2CC2)CC1. The summed E-state index contributed by atoms with van der Waals surface area (Å²) in [6, 6.07) is 7.51. The zero-order chi connectivity index (χ0) is 15.5. The number of aliphatic hydroxyl groups is 1. The average Bonchev–Trinajstić information content (AvgIpc) is 3.35. The quantitative estimate of drug-likeness (QED) is 0.899. The summed E-state index contributed by atoms with van der Waals surface area (Å²) in [5.41, 5.74) is 0.890. The first-order valence-corrected chi connectivity index (χ1v) is 8.43. The molecule has 1 amide bonds. The highest BCUT2D eigenvalue weighted by Gasteiger charge is 2.32. The Kier molecular flexibility index (Phi) is 5.01. The molecule has 1 N–H and O–H groups in total. The largest absolute Gasteiger partial charge is 0.392 e. The number of aliphatic hydroxyl groups excluding tert-OH is 1. The predicted molar refractivity (Wildman–Crippen MR) is 86.9 cm³/mol. The summed E-state index contributed by atoms with van der Waals surface area (Å²) < 4.78 is 0. The molecule has 1 aliphatic heterocycles. The molecule has 1 aromatic carbocycles. The molecule has 1 saturated heterocycles. The molecule has 22 heavy (non-hydrogen) atoms. The normalized spacial score (nSPS) is 20.9. The lowest BCUT2D eigenvalue weighted by molar-refractivity contribution is -0.132. The molecule has 1 atom stereocenters. The molecule has 0 radical (unpaired) electrons. The summed E-state index contributed by atoms with van der Waals surface area (Å²) in [4.78, 5) is 16.5. The topological polar surface area (TPSA) is 43.8 Å². The second-order valence-electron chi connectivity index (χ2n) is 6.35. The van der Waals surface area contributed by atoms with Crippen LogP contribution >= 0.6 is 11.6 Å². The molecule has 0 spiro atoms. The maximum atomic E-state index is 12.4. The second kappa shape index (κ2) is 6.99. The number of nitrogens with zero attached hydrogens (tertiary/aromatic N) is 2. The van der Waals surface area contributed by atoms with Crippen LogP contribution in [0.15, 0.2) is 24.3 Å². The van der Waals surface area contributed by atoms with E-state index in [4.69, 9.17) is 11.6 Å². The number of carbonyl (C=O) groups is 1. The number of halogens is 1. The van der Waals surface area contributed by atoms with E-state index in [0.29, 0.717) is 17.4 Å². The van der Waals surface area contributed by atoms with Crippen molar-refractivity contribution in [2.24, 2.45) is 5.92 Å². The Bertz CT molecular complexity index is 525. The summed E-state index contributed by atoms with van der Waals surface area (Å²) in [7, 11) is 0. The fourth-order valence-corrected chi connectivity index (χ4v) is 3.19. The van der Waals surface area contributed by atoms with Crippen LogP contribution in [0.2, 0.25) is 5.02 Å². The minimum Gasteiger partial charge on any atom is -0.392 e. The van der Waals surface area contributed by atoms with Crippen LogP contribution in [0.5, 0.6) is 0 Å². The highest BCUT2D eigenvalue weighted by Crippen LogP contribution is 2.32. The molecule has 0 aromatic heterocycles. The first kappa shape index (κ1) is 15.8. The molecule has 5 heteroatoms. The molecule has 1 aliphatic carbocycles. The minimum atomic E-state index is -0.189. The van der Waals surface area contributed by atoms with Crippen LogP contribution in [-0.2, 0) is 11.2 Å². The Morgan fingerprint density at radius 2 is 1.91 bits per heavy atom. The Balaban J connectivity index is 1.46. The number of piperazine rings is 1. The molecule has 1 heterocycles. The molecule has 0 bridgehead atoms. The van der Waals surface area contributed by atoms with Crippen molar-refractivity contribution in [3.05, 3.63) is 34.9 Å². The molecular formula is C17H23ClN2O2. The van der Waals surface area contributed by atoms with Crippen molar-refractivity contribution < 1.29 is 9.90 Å². The third-order valence-corrected chi connectivity index (χ3v) is 5.00. The van der Waals surface area contributed by atoms with E-state index in [2.05, 4.69) is 4.90 Å². The molecule has 1 saturated carbocycles. The Labute approximate surface area is 136 Å². The zero-order valence-corrected chi connectivity index (χ0v) is 13.5. The maximum absolute atomic E-state index is 12.4. The van der Waals surface area contributed by atoms with Gasteiger partial charge in [0.2, 0.25) is 5.91 Å². The lowest BCUT2D eigenvalue weighted by Crippen LogP contribution is -2.51. The van der Waals surface area contributed by atoms with Gasteiger partial charge in [-0.05, 0) is 30.4 Å². The molecule has 0 unspecified atom stereocenters. The predicted octanol–water partition coefficient (Wildman–Crippen LogP) is 1.80. The number of hydrogen-bond donors (Lipinski definition) is 1. The van der Waals surface area contributed by atoms with Gasteiger partial charge in [0.05, 0.1) is 12.5 Å². The number of carbonyl (C=O) groups excluding carboxylic acids is 1. The van der Waals surface area contributed by atoms with Crippen molar-refractivity contribution in [2.75, 3.05) is 32.7 Å². The van der Waals surface area contributed by atoms with Crippen LogP contribution < -0.4 is 0 Å². The standard InChI is InChI=1S/C17H23ClN2O2/c18-15-4-2-1-3-14(15)11-17(22)20-9-7-19(8-10-20)12-16(21)13-5-6-13/h1-4,13,16,21H,5-12H2/t16-/m1/s1. The first-order chi connectivity index (χ1) is 10.6. The van der Waals surface area contributed by atoms with Gasteiger partial charge >= 0.3 is 0 Å². The summed E-state index contributed by atoms with van der Waals surface area (Å²) in [5.74, 6) is 0.648. The number of benzene rings is 1.